The lowest BCUT2D eigenvalue weighted by atomic mass is 9.53. The zero-order valence-corrected chi connectivity index (χ0v) is 13.7. The molecule has 2 rings (SSSR count). The van der Waals surface area contributed by atoms with E-state index in [1.54, 1.807) is 12.5 Å². The first-order valence-corrected chi connectivity index (χ1v) is 8.02. The third kappa shape index (κ3) is 3.42. The highest BCUT2D eigenvalue weighted by molar-refractivity contribution is 5.86. The van der Waals surface area contributed by atoms with E-state index < -0.39 is 11.4 Å². The third-order valence-electron chi connectivity index (χ3n) is 5.47. The van der Waals surface area contributed by atoms with Gasteiger partial charge in [-0.25, -0.2) is 0 Å². The Hall–Kier alpha value is -1.58. The minimum absolute atomic E-state index is 0.0704. The van der Waals surface area contributed by atoms with E-state index in [1.165, 1.54) is 0 Å². The second kappa shape index (κ2) is 6.27. The predicted octanol–water partition coefficient (Wildman–Crippen LogP) is 4.09. The van der Waals surface area contributed by atoms with Gasteiger partial charge in [0, 0.05) is 18.3 Å². The molecule has 1 aromatic rings. The van der Waals surface area contributed by atoms with Crippen molar-refractivity contribution in [1.82, 2.24) is 0 Å². The van der Waals surface area contributed by atoms with Crippen LogP contribution in [0.3, 0.4) is 0 Å². The molecule has 0 amide bonds. The summed E-state index contributed by atoms with van der Waals surface area (Å²) in [5, 5.41) is 9.27. The fraction of sp³-hybridized carbons (Fsp3) is 0.667. The summed E-state index contributed by atoms with van der Waals surface area (Å²) in [5.41, 5.74) is 0.363. The number of hydrogen-bond donors (Lipinski definition) is 1. The number of aliphatic carboxylic acids is 1. The molecular formula is C18H26O4. The van der Waals surface area contributed by atoms with Crippen LogP contribution >= 0.6 is 0 Å². The second-order valence-corrected chi connectivity index (χ2v) is 7.46. The Morgan fingerprint density at radius 1 is 1.32 bits per heavy atom. The molecule has 0 bridgehead atoms. The number of rotatable bonds is 6. The Bertz CT molecular complexity index is 529. The molecule has 1 aliphatic rings. The van der Waals surface area contributed by atoms with Crippen molar-refractivity contribution < 1.29 is 19.1 Å². The van der Waals surface area contributed by atoms with Gasteiger partial charge >= 0.3 is 5.97 Å². The first kappa shape index (κ1) is 16.8. The lowest BCUT2D eigenvalue weighted by Gasteiger charge is -2.49. The van der Waals surface area contributed by atoms with Gasteiger partial charge in [-0.15, -0.1) is 0 Å². The van der Waals surface area contributed by atoms with E-state index in [0.29, 0.717) is 12.8 Å². The van der Waals surface area contributed by atoms with Crippen LogP contribution in [0.1, 0.15) is 58.4 Å². The van der Waals surface area contributed by atoms with Crippen LogP contribution in [0, 0.1) is 16.7 Å². The number of furan rings is 1. The molecule has 4 nitrogen and oxygen atoms in total. The van der Waals surface area contributed by atoms with E-state index in [4.69, 9.17) is 4.42 Å². The lowest BCUT2D eigenvalue weighted by Crippen LogP contribution is -2.47. The Balaban J connectivity index is 2.15. The van der Waals surface area contributed by atoms with Crippen molar-refractivity contribution in [3.05, 3.63) is 24.2 Å². The molecule has 4 heteroatoms. The SMILES string of the molecule is CC1(C)CCCC(C)(C(=O)CCc2ccoc2)C1CC(=O)O. The number of carboxylic acid groups (broad SMARTS) is 1. The Morgan fingerprint density at radius 3 is 2.64 bits per heavy atom. The Morgan fingerprint density at radius 2 is 2.05 bits per heavy atom. The number of Topliss-reactive ketones (excluding diaryl/α,β-unsaturated/α-hetero) is 1. The molecule has 1 heterocycles. The number of ketones is 1. The molecule has 2 unspecified atom stereocenters. The number of hydrogen-bond acceptors (Lipinski definition) is 3. The van der Waals surface area contributed by atoms with Crippen molar-refractivity contribution in [2.24, 2.45) is 16.7 Å². The summed E-state index contributed by atoms with van der Waals surface area (Å²) >= 11 is 0. The molecule has 22 heavy (non-hydrogen) atoms. The van der Waals surface area contributed by atoms with Crippen LogP contribution in [0.2, 0.25) is 0 Å². The molecule has 1 saturated carbocycles. The van der Waals surface area contributed by atoms with E-state index in [-0.39, 0.29) is 23.5 Å². The summed E-state index contributed by atoms with van der Waals surface area (Å²) in [6, 6.07) is 1.87. The standard InChI is InChI=1S/C18H26O4/c1-17(2)8-4-9-18(3,14(17)11-16(20)21)15(19)6-5-13-7-10-22-12-13/h7,10,12,14H,4-6,8-9,11H2,1-3H3,(H,20,21). The monoisotopic (exact) mass is 306 g/mol. The zero-order chi connectivity index (χ0) is 16.4. The fourth-order valence-corrected chi connectivity index (χ4v) is 4.11. The summed E-state index contributed by atoms with van der Waals surface area (Å²) in [5.74, 6) is -0.732. The van der Waals surface area contributed by atoms with Gasteiger partial charge in [0.05, 0.1) is 12.5 Å². The largest absolute Gasteiger partial charge is 0.481 e. The molecule has 0 aromatic carbocycles. The smallest absolute Gasteiger partial charge is 0.303 e. The van der Waals surface area contributed by atoms with Gasteiger partial charge in [0.15, 0.2) is 0 Å². The van der Waals surface area contributed by atoms with E-state index in [9.17, 15) is 14.7 Å². The minimum atomic E-state index is -0.811. The molecule has 0 radical (unpaired) electrons. The van der Waals surface area contributed by atoms with Crippen LogP contribution in [-0.4, -0.2) is 16.9 Å². The van der Waals surface area contributed by atoms with Crippen molar-refractivity contribution in [3.63, 3.8) is 0 Å². The second-order valence-electron chi connectivity index (χ2n) is 7.46. The van der Waals surface area contributed by atoms with Gasteiger partial charge in [-0.05, 0) is 42.2 Å². The predicted molar refractivity (Wildman–Crippen MR) is 83.5 cm³/mol. The summed E-state index contributed by atoms with van der Waals surface area (Å²) in [6.45, 7) is 6.17. The molecular weight excluding hydrogens is 280 g/mol. The van der Waals surface area contributed by atoms with E-state index in [0.717, 1.165) is 24.8 Å². The van der Waals surface area contributed by atoms with Crippen molar-refractivity contribution in [1.29, 1.82) is 0 Å². The van der Waals surface area contributed by atoms with Gasteiger partial charge in [-0.2, -0.15) is 0 Å². The fourth-order valence-electron chi connectivity index (χ4n) is 4.11. The summed E-state index contributed by atoms with van der Waals surface area (Å²) in [6.07, 6.45) is 7.20. The molecule has 1 aromatic heterocycles. The van der Waals surface area contributed by atoms with Crippen molar-refractivity contribution >= 4 is 11.8 Å². The van der Waals surface area contributed by atoms with Crippen LogP contribution in [-0.2, 0) is 16.0 Å². The van der Waals surface area contributed by atoms with Gasteiger partial charge in [0.1, 0.15) is 5.78 Å². The average molecular weight is 306 g/mol. The normalized spacial score (nSPS) is 27.5. The van der Waals surface area contributed by atoms with E-state index in [2.05, 4.69) is 13.8 Å². The summed E-state index contributed by atoms with van der Waals surface area (Å²) in [4.78, 5) is 24.2. The van der Waals surface area contributed by atoms with Crippen LogP contribution in [0.15, 0.2) is 23.0 Å². The molecule has 1 fully saturated rings. The number of carbonyl (C=O) groups is 2. The lowest BCUT2D eigenvalue weighted by molar-refractivity contribution is -0.147. The van der Waals surface area contributed by atoms with Crippen LogP contribution < -0.4 is 0 Å². The highest BCUT2D eigenvalue weighted by Crippen LogP contribution is 2.53. The third-order valence-corrected chi connectivity index (χ3v) is 5.47. The van der Waals surface area contributed by atoms with Gasteiger partial charge in [-0.1, -0.05) is 27.2 Å². The van der Waals surface area contributed by atoms with E-state index in [1.807, 2.05) is 13.0 Å². The highest BCUT2D eigenvalue weighted by atomic mass is 16.4. The topological polar surface area (TPSA) is 67.5 Å². The van der Waals surface area contributed by atoms with Crippen LogP contribution in [0.25, 0.3) is 0 Å². The van der Waals surface area contributed by atoms with Gasteiger partial charge < -0.3 is 9.52 Å². The highest BCUT2D eigenvalue weighted by Gasteiger charge is 2.50. The minimum Gasteiger partial charge on any atom is -0.481 e. The first-order chi connectivity index (χ1) is 10.3. The summed E-state index contributed by atoms with van der Waals surface area (Å²) < 4.78 is 5.04. The Kier molecular flexibility index (Phi) is 4.78. The summed E-state index contributed by atoms with van der Waals surface area (Å²) in [7, 11) is 0. The quantitative estimate of drug-likeness (QED) is 0.859. The van der Waals surface area contributed by atoms with Crippen molar-refractivity contribution in [3.8, 4) is 0 Å². The number of carbonyl (C=O) groups excluding carboxylic acids is 1. The van der Waals surface area contributed by atoms with Crippen LogP contribution in [0.4, 0.5) is 0 Å². The molecule has 2 atom stereocenters. The molecule has 0 saturated heterocycles. The van der Waals surface area contributed by atoms with Gasteiger partial charge in [0.2, 0.25) is 0 Å². The van der Waals surface area contributed by atoms with E-state index >= 15 is 0 Å². The molecule has 122 valence electrons. The zero-order valence-electron chi connectivity index (χ0n) is 13.7. The van der Waals surface area contributed by atoms with Gasteiger partial charge in [0.25, 0.3) is 0 Å². The number of aryl methyl sites for hydroxylation is 1. The van der Waals surface area contributed by atoms with Crippen molar-refractivity contribution in [2.75, 3.05) is 0 Å². The molecule has 1 N–H and O–H groups in total. The van der Waals surface area contributed by atoms with Gasteiger partial charge in [-0.3, -0.25) is 9.59 Å². The maximum Gasteiger partial charge on any atom is 0.303 e. The molecule has 0 aliphatic heterocycles. The molecule has 0 spiro atoms. The van der Waals surface area contributed by atoms with Crippen LogP contribution in [0.5, 0.6) is 0 Å². The average Bonchev–Trinajstić information content (AvgIpc) is 2.93. The maximum absolute atomic E-state index is 12.9. The van der Waals surface area contributed by atoms with Crippen molar-refractivity contribution in [2.45, 2.75) is 59.3 Å². The molecule has 1 aliphatic carbocycles. The Labute approximate surface area is 131 Å². The maximum atomic E-state index is 12.9. The first-order valence-electron chi connectivity index (χ1n) is 8.02. The number of carboxylic acids is 1.